The third kappa shape index (κ3) is 2.63. The summed E-state index contributed by atoms with van der Waals surface area (Å²) >= 11 is 7.28. The Bertz CT molecular complexity index is 407. The Balaban J connectivity index is 2.17. The predicted molar refractivity (Wildman–Crippen MR) is 72.3 cm³/mol. The molecule has 0 bridgehead atoms. The summed E-state index contributed by atoms with van der Waals surface area (Å²) < 4.78 is 0. The van der Waals surface area contributed by atoms with Crippen LogP contribution in [0.1, 0.15) is 42.3 Å². The van der Waals surface area contributed by atoms with E-state index in [1.165, 1.54) is 37.0 Å². The average molecular weight is 273 g/mol. The van der Waals surface area contributed by atoms with Gasteiger partial charge in [0.2, 0.25) is 0 Å². The van der Waals surface area contributed by atoms with Crippen LogP contribution in [0.3, 0.4) is 0 Å². The van der Waals surface area contributed by atoms with E-state index >= 15 is 0 Å². The van der Waals surface area contributed by atoms with Gasteiger partial charge in [-0.15, -0.1) is 0 Å². The lowest BCUT2D eigenvalue weighted by Gasteiger charge is -2.36. The molecule has 1 aromatic heterocycles. The molecule has 2 unspecified atom stereocenters. The summed E-state index contributed by atoms with van der Waals surface area (Å²) in [5.74, 6) is 0.677. The van der Waals surface area contributed by atoms with E-state index in [-0.39, 0.29) is 0 Å². The number of thiazole rings is 1. The molecule has 1 heterocycles. The molecule has 94 valence electrons. The summed E-state index contributed by atoms with van der Waals surface area (Å²) in [6.45, 7) is 2.29. The normalized spacial score (nSPS) is 24.6. The van der Waals surface area contributed by atoms with E-state index in [9.17, 15) is 4.79 Å². The van der Waals surface area contributed by atoms with Gasteiger partial charge in [-0.3, -0.25) is 4.79 Å². The average Bonchev–Trinajstić information content (AvgIpc) is 2.70. The molecular formula is C12H17ClN2OS. The molecule has 2 rings (SSSR count). The summed E-state index contributed by atoms with van der Waals surface area (Å²) in [4.78, 5) is 17.8. The van der Waals surface area contributed by atoms with Gasteiger partial charge in [-0.2, -0.15) is 0 Å². The molecule has 2 atom stereocenters. The van der Waals surface area contributed by atoms with Crippen molar-refractivity contribution in [2.24, 2.45) is 5.92 Å². The monoisotopic (exact) mass is 272 g/mol. The molecule has 3 nitrogen and oxygen atoms in total. The second-order valence-electron chi connectivity index (χ2n) is 4.71. The lowest BCUT2D eigenvalue weighted by molar-refractivity contribution is 0.112. The van der Waals surface area contributed by atoms with Crippen molar-refractivity contribution < 1.29 is 4.79 Å². The zero-order chi connectivity index (χ0) is 12.4. The fourth-order valence-electron chi connectivity index (χ4n) is 2.54. The van der Waals surface area contributed by atoms with Crippen molar-refractivity contribution >= 4 is 34.4 Å². The lowest BCUT2D eigenvalue weighted by atomic mass is 9.85. The minimum Gasteiger partial charge on any atom is -0.348 e. The highest BCUT2D eigenvalue weighted by Crippen LogP contribution is 2.34. The van der Waals surface area contributed by atoms with Crippen LogP contribution in [0.4, 0.5) is 5.13 Å². The zero-order valence-corrected chi connectivity index (χ0v) is 11.7. The van der Waals surface area contributed by atoms with Crippen molar-refractivity contribution in [1.29, 1.82) is 0 Å². The number of hydrogen-bond donors (Lipinski definition) is 0. The highest BCUT2D eigenvalue weighted by atomic mass is 35.5. The molecule has 1 aromatic rings. The highest BCUT2D eigenvalue weighted by Gasteiger charge is 2.27. The molecule has 5 heteroatoms. The second kappa shape index (κ2) is 5.36. The maximum Gasteiger partial charge on any atom is 0.187 e. The largest absolute Gasteiger partial charge is 0.348 e. The van der Waals surface area contributed by atoms with Crippen molar-refractivity contribution in [3.63, 3.8) is 0 Å². The molecule has 0 spiro atoms. The van der Waals surface area contributed by atoms with Crippen LogP contribution in [0.25, 0.3) is 0 Å². The maximum atomic E-state index is 10.8. The van der Waals surface area contributed by atoms with Crippen LogP contribution in [0.5, 0.6) is 0 Å². The topological polar surface area (TPSA) is 33.2 Å². The molecule has 1 aliphatic rings. The van der Waals surface area contributed by atoms with Gasteiger partial charge in [0.05, 0.1) is 0 Å². The van der Waals surface area contributed by atoms with Gasteiger partial charge < -0.3 is 4.90 Å². The van der Waals surface area contributed by atoms with Crippen LogP contribution < -0.4 is 4.90 Å². The number of halogens is 1. The van der Waals surface area contributed by atoms with Crippen molar-refractivity contribution in [2.45, 2.75) is 38.6 Å². The van der Waals surface area contributed by atoms with E-state index in [4.69, 9.17) is 11.6 Å². The molecule has 0 radical (unpaired) electrons. The number of nitrogens with zero attached hydrogens (tertiary/aromatic N) is 2. The molecule has 0 aliphatic heterocycles. The van der Waals surface area contributed by atoms with Gasteiger partial charge in [0.25, 0.3) is 0 Å². The Morgan fingerprint density at radius 3 is 2.76 bits per heavy atom. The van der Waals surface area contributed by atoms with Crippen LogP contribution in [0, 0.1) is 5.92 Å². The van der Waals surface area contributed by atoms with Crippen LogP contribution in [0.2, 0.25) is 5.15 Å². The van der Waals surface area contributed by atoms with Gasteiger partial charge in [0.15, 0.2) is 16.6 Å². The Hall–Kier alpha value is -0.610. The van der Waals surface area contributed by atoms with Crippen LogP contribution in [-0.4, -0.2) is 24.4 Å². The molecule has 17 heavy (non-hydrogen) atoms. The minimum absolute atomic E-state index is 0.329. The van der Waals surface area contributed by atoms with E-state index in [0.717, 1.165) is 11.4 Å². The van der Waals surface area contributed by atoms with Crippen LogP contribution in [0.15, 0.2) is 0 Å². The summed E-state index contributed by atoms with van der Waals surface area (Å²) in [6.07, 6.45) is 5.85. The first-order chi connectivity index (χ1) is 8.13. The third-order valence-corrected chi connectivity index (χ3v) is 5.04. The fourth-order valence-corrected chi connectivity index (χ4v) is 3.62. The van der Waals surface area contributed by atoms with Gasteiger partial charge in [-0.1, -0.05) is 42.7 Å². The predicted octanol–water partition coefficient (Wildman–Crippen LogP) is 3.62. The van der Waals surface area contributed by atoms with Crippen LogP contribution >= 0.6 is 22.9 Å². The van der Waals surface area contributed by atoms with E-state index < -0.39 is 0 Å². The molecule has 0 saturated heterocycles. The third-order valence-electron chi connectivity index (χ3n) is 3.57. The van der Waals surface area contributed by atoms with Crippen molar-refractivity contribution in [3.8, 4) is 0 Å². The SMILES string of the molecule is CC1CCCCC1N(C)c1nc(Cl)c(C=O)s1. The first kappa shape index (κ1) is 12.8. The summed E-state index contributed by atoms with van der Waals surface area (Å²) in [6, 6.07) is 0.519. The number of rotatable bonds is 3. The number of aldehydes is 1. The van der Waals surface area contributed by atoms with Gasteiger partial charge in [-0.25, -0.2) is 4.98 Å². The first-order valence-electron chi connectivity index (χ1n) is 5.98. The van der Waals surface area contributed by atoms with Gasteiger partial charge in [0, 0.05) is 13.1 Å². The molecule has 1 saturated carbocycles. The van der Waals surface area contributed by atoms with E-state index in [1.807, 2.05) is 0 Å². The fraction of sp³-hybridized carbons (Fsp3) is 0.667. The number of anilines is 1. The standard InChI is InChI=1S/C12H17ClN2OS/c1-8-5-3-4-6-9(8)15(2)12-14-11(13)10(7-16)17-12/h7-9H,3-6H2,1-2H3. The van der Waals surface area contributed by atoms with E-state index in [1.54, 1.807) is 0 Å². The molecule has 1 aliphatic carbocycles. The Labute approximate surface area is 111 Å². The minimum atomic E-state index is 0.329. The summed E-state index contributed by atoms with van der Waals surface area (Å²) in [5, 5.41) is 1.19. The van der Waals surface area contributed by atoms with E-state index in [0.29, 0.717) is 22.0 Å². The Kier molecular flexibility index (Phi) is 4.05. The van der Waals surface area contributed by atoms with E-state index in [2.05, 4.69) is 23.9 Å². The number of carbonyl (C=O) groups is 1. The van der Waals surface area contributed by atoms with Gasteiger partial charge >= 0.3 is 0 Å². The zero-order valence-electron chi connectivity index (χ0n) is 10.1. The van der Waals surface area contributed by atoms with Crippen molar-refractivity contribution in [2.75, 3.05) is 11.9 Å². The smallest absolute Gasteiger partial charge is 0.187 e. The lowest BCUT2D eigenvalue weighted by Crippen LogP contribution is -2.38. The summed E-state index contributed by atoms with van der Waals surface area (Å²) in [5.41, 5.74) is 0. The number of aromatic nitrogens is 1. The Morgan fingerprint density at radius 1 is 1.47 bits per heavy atom. The molecular weight excluding hydrogens is 256 g/mol. The molecule has 1 fully saturated rings. The quantitative estimate of drug-likeness (QED) is 0.788. The van der Waals surface area contributed by atoms with Crippen molar-refractivity contribution in [3.05, 3.63) is 10.0 Å². The van der Waals surface area contributed by atoms with Gasteiger partial charge in [-0.05, 0) is 18.8 Å². The first-order valence-corrected chi connectivity index (χ1v) is 7.17. The van der Waals surface area contributed by atoms with Gasteiger partial charge in [0.1, 0.15) is 4.88 Å². The maximum absolute atomic E-state index is 10.8. The van der Waals surface area contributed by atoms with Crippen molar-refractivity contribution in [1.82, 2.24) is 4.98 Å². The number of hydrogen-bond acceptors (Lipinski definition) is 4. The molecule has 0 aromatic carbocycles. The summed E-state index contributed by atoms with van der Waals surface area (Å²) in [7, 11) is 2.05. The van der Waals surface area contributed by atoms with Crippen LogP contribution in [-0.2, 0) is 0 Å². The molecule has 0 N–H and O–H groups in total. The molecule has 0 amide bonds. The highest BCUT2D eigenvalue weighted by molar-refractivity contribution is 7.17. The second-order valence-corrected chi connectivity index (χ2v) is 6.08. The number of carbonyl (C=O) groups excluding carboxylic acids is 1. The Morgan fingerprint density at radius 2 is 2.18 bits per heavy atom.